The van der Waals surface area contributed by atoms with Crippen LogP contribution in [0.5, 0.6) is 0 Å². The minimum Gasteiger partial charge on any atom is -0.354 e. The van der Waals surface area contributed by atoms with Crippen LogP contribution < -0.4 is 21.3 Å². The maximum Gasteiger partial charge on any atom is 0.197 e. The van der Waals surface area contributed by atoms with Gasteiger partial charge in [0.2, 0.25) is 0 Å². The fourth-order valence-electron chi connectivity index (χ4n) is 2.09. The Morgan fingerprint density at radius 3 is 1.42 bits per heavy atom. The van der Waals surface area contributed by atoms with Crippen molar-refractivity contribution in [1.29, 1.82) is 0 Å². The SMILES string of the molecule is CC(C)N=C(Nc1cccc(NC(=NC(C)C)NC(C)C)n1)NC(C)C. The van der Waals surface area contributed by atoms with Gasteiger partial charge in [-0.3, -0.25) is 9.98 Å². The summed E-state index contributed by atoms with van der Waals surface area (Å²) >= 11 is 0. The van der Waals surface area contributed by atoms with E-state index in [9.17, 15) is 0 Å². The molecule has 0 aliphatic rings. The highest BCUT2D eigenvalue weighted by Gasteiger charge is 2.07. The molecule has 1 aromatic rings. The van der Waals surface area contributed by atoms with Crippen LogP contribution in [0.1, 0.15) is 55.4 Å². The third-order valence-corrected chi connectivity index (χ3v) is 2.87. The van der Waals surface area contributed by atoms with Gasteiger partial charge < -0.3 is 21.3 Å². The molecule has 1 heterocycles. The molecular formula is C19H35N7. The Morgan fingerprint density at radius 2 is 1.12 bits per heavy atom. The van der Waals surface area contributed by atoms with Gasteiger partial charge in [-0.15, -0.1) is 0 Å². The molecule has 0 radical (unpaired) electrons. The zero-order valence-electron chi connectivity index (χ0n) is 17.4. The summed E-state index contributed by atoms with van der Waals surface area (Å²) < 4.78 is 0. The first-order valence-electron chi connectivity index (χ1n) is 9.35. The van der Waals surface area contributed by atoms with E-state index in [2.05, 4.69) is 63.9 Å². The number of nitrogens with one attached hydrogen (secondary N) is 4. The van der Waals surface area contributed by atoms with Crippen LogP contribution in [-0.4, -0.2) is 41.1 Å². The average Bonchev–Trinajstić information content (AvgIpc) is 2.44. The van der Waals surface area contributed by atoms with Crippen molar-refractivity contribution in [1.82, 2.24) is 15.6 Å². The molecule has 0 aliphatic heterocycles. The molecule has 146 valence electrons. The Morgan fingerprint density at radius 1 is 0.731 bits per heavy atom. The number of nitrogens with zero attached hydrogens (tertiary/aromatic N) is 3. The Hall–Kier alpha value is -2.31. The Labute approximate surface area is 158 Å². The quantitative estimate of drug-likeness (QED) is 0.461. The van der Waals surface area contributed by atoms with Crippen molar-refractivity contribution in [2.45, 2.75) is 79.6 Å². The van der Waals surface area contributed by atoms with Crippen LogP contribution >= 0.6 is 0 Å². The monoisotopic (exact) mass is 361 g/mol. The molecule has 7 nitrogen and oxygen atoms in total. The minimum absolute atomic E-state index is 0.185. The van der Waals surface area contributed by atoms with E-state index in [4.69, 9.17) is 0 Å². The van der Waals surface area contributed by atoms with Crippen molar-refractivity contribution in [2.75, 3.05) is 10.6 Å². The number of hydrogen-bond acceptors (Lipinski definition) is 3. The fraction of sp³-hybridized carbons (Fsp3) is 0.632. The molecule has 0 unspecified atom stereocenters. The van der Waals surface area contributed by atoms with Gasteiger partial charge in [-0.25, -0.2) is 4.98 Å². The van der Waals surface area contributed by atoms with E-state index in [-0.39, 0.29) is 24.2 Å². The van der Waals surface area contributed by atoms with Crippen molar-refractivity contribution in [3.05, 3.63) is 18.2 Å². The lowest BCUT2D eigenvalue weighted by molar-refractivity contribution is 0.717. The second kappa shape index (κ2) is 10.6. The van der Waals surface area contributed by atoms with E-state index in [0.29, 0.717) is 0 Å². The summed E-state index contributed by atoms with van der Waals surface area (Å²) in [6.07, 6.45) is 0. The third-order valence-electron chi connectivity index (χ3n) is 2.87. The standard InChI is InChI=1S/C19H35N7/c1-12(2)20-18(21-13(3)4)25-16-10-9-11-17(24-16)26-19(22-14(5)6)23-15(7)8/h9-15H,1-8H3,(H4,20,21,22,23,24,25,26). The molecule has 0 aromatic carbocycles. The second-order valence-electron chi connectivity index (χ2n) is 7.40. The summed E-state index contributed by atoms with van der Waals surface area (Å²) in [7, 11) is 0. The molecule has 0 bridgehead atoms. The highest BCUT2D eigenvalue weighted by Crippen LogP contribution is 2.10. The van der Waals surface area contributed by atoms with Crippen molar-refractivity contribution in [3.8, 4) is 0 Å². The molecule has 26 heavy (non-hydrogen) atoms. The van der Waals surface area contributed by atoms with E-state index < -0.39 is 0 Å². The van der Waals surface area contributed by atoms with Gasteiger partial charge in [0.15, 0.2) is 11.9 Å². The topological polar surface area (TPSA) is 85.7 Å². The van der Waals surface area contributed by atoms with Crippen LogP contribution in [0.25, 0.3) is 0 Å². The van der Waals surface area contributed by atoms with E-state index >= 15 is 0 Å². The number of aromatic nitrogens is 1. The maximum atomic E-state index is 4.62. The molecule has 4 N–H and O–H groups in total. The normalized spacial score (nSPS) is 12.9. The molecule has 7 heteroatoms. The van der Waals surface area contributed by atoms with Crippen LogP contribution in [0.2, 0.25) is 0 Å². The number of guanidine groups is 2. The molecule has 0 atom stereocenters. The van der Waals surface area contributed by atoms with Gasteiger partial charge in [0, 0.05) is 24.2 Å². The van der Waals surface area contributed by atoms with Gasteiger partial charge in [0.1, 0.15) is 11.6 Å². The van der Waals surface area contributed by atoms with Crippen molar-refractivity contribution >= 4 is 23.6 Å². The molecule has 0 amide bonds. The number of aliphatic imine (C=N–C) groups is 2. The van der Waals surface area contributed by atoms with E-state index in [1.54, 1.807) is 0 Å². The molecule has 0 saturated heterocycles. The molecule has 0 fully saturated rings. The summed E-state index contributed by atoms with van der Waals surface area (Å²) in [4.78, 5) is 13.8. The third kappa shape index (κ3) is 9.25. The van der Waals surface area contributed by atoms with Crippen molar-refractivity contribution in [2.24, 2.45) is 9.98 Å². The van der Waals surface area contributed by atoms with E-state index in [1.807, 2.05) is 45.9 Å². The van der Waals surface area contributed by atoms with Crippen molar-refractivity contribution in [3.63, 3.8) is 0 Å². The largest absolute Gasteiger partial charge is 0.354 e. The van der Waals surface area contributed by atoms with Crippen LogP contribution in [0.4, 0.5) is 11.6 Å². The van der Waals surface area contributed by atoms with Gasteiger partial charge in [-0.2, -0.15) is 0 Å². The number of rotatable bonds is 6. The number of pyridine rings is 1. The molecule has 0 aliphatic carbocycles. The first kappa shape index (κ1) is 21.7. The van der Waals surface area contributed by atoms with Crippen LogP contribution in [0.15, 0.2) is 28.2 Å². The summed E-state index contributed by atoms with van der Waals surface area (Å²) in [5, 5.41) is 13.2. The van der Waals surface area contributed by atoms with Gasteiger partial charge in [-0.1, -0.05) is 6.07 Å². The minimum atomic E-state index is 0.185. The smallest absolute Gasteiger partial charge is 0.197 e. The van der Waals surface area contributed by atoms with Crippen LogP contribution in [0.3, 0.4) is 0 Å². The molecule has 1 aromatic heterocycles. The summed E-state index contributed by atoms with van der Waals surface area (Å²) in [5.74, 6) is 2.87. The zero-order chi connectivity index (χ0) is 19.7. The van der Waals surface area contributed by atoms with E-state index in [0.717, 1.165) is 23.6 Å². The van der Waals surface area contributed by atoms with Gasteiger partial charge in [0.25, 0.3) is 0 Å². The lowest BCUT2D eigenvalue weighted by Gasteiger charge is -2.18. The van der Waals surface area contributed by atoms with Crippen molar-refractivity contribution < 1.29 is 0 Å². The fourth-order valence-corrected chi connectivity index (χ4v) is 2.09. The Bertz CT molecular complexity index is 554. The summed E-state index contributed by atoms with van der Waals surface area (Å²) in [6, 6.07) is 6.71. The number of hydrogen-bond donors (Lipinski definition) is 4. The predicted octanol–water partition coefficient (Wildman–Crippen LogP) is 3.43. The van der Waals surface area contributed by atoms with Crippen LogP contribution in [0, 0.1) is 0 Å². The first-order chi connectivity index (χ1) is 12.2. The highest BCUT2D eigenvalue weighted by molar-refractivity contribution is 5.95. The summed E-state index contributed by atoms with van der Waals surface area (Å²) in [5.41, 5.74) is 0. The number of anilines is 2. The second-order valence-corrected chi connectivity index (χ2v) is 7.40. The van der Waals surface area contributed by atoms with Crippen LogP contribution in [-0.2, 0) is 0 Å². The van der Waals surface area contributed by atoms with Gasteiger partial charge >= 0.3 is 0 Å². The Balaban J connectivity index is 2.95. The predicted molar refractivity (Wildman–Crippen MR) is 113 cm³/mol. The zero-order valence-corrected chi connectivity index (χ0v) is 17.4. The summed E-state index contributed by atoms with van der Waals surface area (Å²) in [6.45, 7) is 16.5. The lowest BCUT2D eigenvalue weighted by atomic mass is 10.4. The molecular weight excluding hydrogens is 326 g/mol. The lowest BCUT2D eigenvalue weighted by Crippen LogP contribution is -2.37. The maximum absolute atomic E-state index is 4.62. The van der Waals surface area contributed by atoms with E-state index in [1.165, 1.54) is 0 Å². The molecule has 0 saturated carbocycles. The Kier molecular flexibility index (Phi) is 8.88. The first-order valence-corrected chi connectivity index (χ1v) is 9.35. The van der Waals surface area contributed by atoms with Gasteiger partial charge in [0.05, 0.1) is 0 Å². The molecule has 1 rings (SSSR count). The van der Waals surface area contributed by atoms with Gasteiger partial charge in [-0.05, 0) is 67.5 Å². The highest BCUT2D eigenvalue weighted by atomic mass is 15.2. The average molecular weight is 362 g/mol. The molecule has 0 spiro atoms.